The molecule has 0 bridgehead atoms. The number of nitrogens with one attached hydrogen (secondary N) is 1. The molecule has 0 saturated heterocycles. The van der Waals surface area contributed by atoms with Crippen LogP contribution in [-0.2, 0) is 4.79 Å². The van der Waals surface area contributed by atoms with Crippen molar-refractivity contribution in [2.75, 3.05) is 5.75 Å². The van der Waals surface area contributed by atoms with Crippen molar-refractivity contribution in [2.24, 2.45) is 5.10 Å². The van der Waals surface area contributed by atoms with E-state index in [9.17, 15) is 4.79 Å². The fraction of sp³-hybridized carbons (Fsp3) is 0.0417. The van der Waals surface area contributed by atoms with Crippen LogP contribution in [0.5, 0.6) is 0 Å². The van der Waals surface area contributed by atoms with Crippen LogP contribution in [0.1, 0.15) is 5.56 Å². The van der Waals surface area contributed by atoms with E-state index in [1.165, 1.54) is 11.8 Å². The molecule has 0 aliphatic rings. The van der Waals surface area contributed by atoms with Crippen LogP contribution in [-0.4, -0.2) is 37.6 Å². The molecule has 9 heteroatoms. The van der Waals surface area contributed by atoms with E-state index < -0.39 is 0 Å². The van der Waals surface area contributed by atoms with Crippen LogP contribution in [0.2, 0.25) is 0 Å². The molecule has 0 aliphatic heterocycles. The zero-order valence-electron chi connectivity index (χ0n) is 17.3. The number of hydrazone groups is 1. The van der Waals surface area contributed by atoms with Crippen LogP contribution in [0.3, 0.4) is 0 Å². The van der Waals surface area contributed by atoms with Gasteiger partial charge in [-0.3, -0.25) is 9.78 Å². The Labute approximate surface area is 198 Å². The van der Waals surface area contributed by atoms with Crippen LogP contribution in [0, 0.1) is 0 Å². The average Bonchev–Trinajstić information content (AvgIpc) is 3.48. The molecule has 5 aromatic rings. The van der Waals surface area contributed by atoms with Crippen molar-refractivity contribution in [3.8, 4) is 16.9 Å². The fourth-order valence-electron chi connectivity index (χ4n) is 3.17. The molecule has 0 unspecified atom stereocenters. The smallest absolute Gasteiger partial charge is 0.250 e. The minimum absolute atomic E-state index is 0.200. The number of hydrogen-bond acceptors (Lipinski definition) is 7. The monoisotopic (exact) mass is 470 g/mol. The molecule has 0 aliphatic carbocycles. The molecule has 7 nitrogen and oxygen atoms in total. The van der Waals surface area contributed by atoms with Gasteiger partial charge in [-0.15, -0.1) is 11.3 Å². The number of pyridine rings is 1. The molecular formula is C24H18N6OS2. The molecular weight excluding hydrogens is 452 g/mol. The number of fused-ring (bicyclic) bond motifs is 1. The fourth-order valence-corrected chi connectivity index (χ4v) is 5.03. The molecule has 1 amide bonds. The van der Waals surface area contributed by atoms with E-state index in [-0.39, 0.29) is 11.7 Å². The van der Waals surface area contributed by atoms with Gasteiger partial charge in [0.25, 0.3) is 5.91 Å². The Kier molecular flexibility index (Phi) is 6.23. The Bertz CT molecular complexity index is 1380. The van der Waals surface area contributed by atoms with Gasteiger partial charge in [0.1, 0.15) is 5.69 Å². The summed E-state index contributed by atoms with van der Waals surface area (Å²) in [5.74, 6) is 0.0319. The minimum Gasteiger partial charge on any atom is -0.272 e. The summed E-state index contributed by atoms with van der Waals surface area (Å²) in [6.07, 6.45) is 6.95. The summed E-state index contributed by atoms with van der Waals surface area (Å²) >= 11 is 2.98. The van der Waals surface area contributed by atoms with Crippen LogP contribution >= 0.6 is 23.1 Å². The predicted octanol–water partition coefficient (Wildman–Crippen LogP) is 4.79. The number of carbonyl (C=O) groups is 1. The quantitative estimate of drug-likeness (QED) is 0.210. The second-order valence-electron chi connectivity index (χ2n) is 6.98. The lowest BCUT2D eigenvalue weighted by atomic mass is 10.1. The van der Waals surface area contributed by atoms with E-state index in [1.54, 1.807) is 34.6 Å². The third kappa shape index (κ3) is 5.00. The van der Waals surface area contributed by atoms with Gasteiger partial charge in [0, 0.05) is 29.7 Å². The van der Waals surface area contributed by atoms with Gasteiger partial charge < -0.3 is 0 Å². The summed E-state index contributed by atoms with van der Waals surface area (Å²) in [4.78, 5) is 21.0. The Balaban J connectivity index is 1.29. The number of amides is 1. The highest BCUT2D eigenvalue weighted by Gasteiger charge is 2.12. The van der Waals surface area contributed by atoms with Gasteiger partial charge in [-0.2, -0.15) is 10.2 Å². The van der Waals surface area contributed by atoms with Crippen LogP contribution < -0.4 is 5.43 Å². The molecule has 5 rings (SSSR count). The van der Waals surface area contributed by atoms with Crippen molar-refractivity contribution in [2.45, 2.75) is 4.34 Å². The van der Waals surface area contributed by atoms with Crippen molar-refractivity contribution >= 4 is 45.4 Å². The SMILES string of the molecule is O=C(CSc1nc2ccccc2s1)N/N=C/c1cn(-c2ccccc2)nc1-c1cccnc1. The highest BCUT2D eigenvalue weighted by Crippen LogP contribution is 2.29. The van der Waals surface area contributed by atoms with E-state index in [0.717, 1.165) is 37.1 Å². The lowest BCUT2D eigenvalue weighted by Crippen LogP contribution is -2.19. The first-order valence-electron chi connectivity index (χ1n) is 10.1. The number of rotatable bonds is 7. The molecule has 0 saturated carbocycles. The summed E-state index contributed by atoms with van der Waals surface area (Å²) in [7, 11) is 0. The summed E-state index contributed by atoms with van der Waals surface area (Å²) in [5, 5.41) is 8.87. The van der Waals surface area contributed by atoms with Crippen molar-refractivity contribution < 1.29 is 4.79 Å². The first-order valence-corrected chi connectivity index (χ1v) is 11.9. The summed E-state index contributed by atoms with van der Waals surface area (Å²) < 4.78 is 3.75. The van der Waals surface area contributed by atoms with Gasteiger partial charge in [-0.05, 0) is 36.4 Å². The molecule has 0 atom stereocenters. The summed E-state index contributed by atoms with van der Waals surface area (Å²) in [5.41, 5.74) is 6.84. The summed E-state index contributed by atoms with van der Waals surface area (Å²) in [6, 6.07) is 21.5. The second kappa shape index (κ2) is 9.76. The van der Waals surface area contributed by atoms with Crippen molar-refractivity contribution in [1.29, 1.82) is 0 Å². The molecule has 0 fully saturated rings. The molecule has 162 valence electrons. The van der Waals surface area contributed by atoms with Gasteiger partial charge in [-0.25, -0.2) is 15.1 Å². The number of hydrogen-bond donors (Lipinski definition) is 1. The van der Waals surface area contributed by atoms with Crippen molar-refractivity contribution in [3.05, 3.63) is 90.9 Å². The topological polar surface area (TPSA) is 85.1 Å². The van der Waals surface area contributed by atoms with E-state index in [4.69, 9.17) is 5.10 Å². The van der Waals surface area contributed by atoms with E-state index in [0.29, 0.717) is 0 Å². The molecule has 1 N–H and O–H groups in total. The Morgan fingerprint density at radius 3 is 2.76 bits per heavy atom. The third-order valence-electron chi connectivity index (χ3n) is 4.69. The van der Waals surface area contributed by atoms with Gasteiger partial charge >= 0.3 is 0 Å². The van der Waals surface area contributed by atoms with Gasteiger partial charge in [0.2, 0.25) is 0 Å². The average molecular weight is 471 g/mol. The zero-order valence-corrected chi connectivity index (χ0v) is 19.0. The predicted molar refractivity (Wildman–Crippen MR) is 133 cm³/mol. The Morgan fingerprint density at radius 1 is 1.09 bits per heavy atom. The minimum atomic E-state index is -0.200. The number of thiazole rings is 1. The number of aromatic nitrogens is 4. The van der Waals surface area contributed by atoms with E-state index >= 15 is 0 Å². The first-order chi connectivity index (χ1) is 16.3. The van der Waals surface area contributed by atoms with Crippen molar-refractivity contribution in [1.82, 2.24) is 25.2 Å². The van der Waals surface area contributed by atoms with Crippen LogP contribution in [0.4, 0.5) is 0 Å². The third-order valence-corrected chi connectivity index (χ3v) is 6.87. The normalized spacial score (nSPS) is 11.3. The first kappa shape index (κ1) is 21.0. The maximum absolute atomic E-state index is 12.3. The molecule has 3 aromatic heterocycles. The lowest BCUT2D eigenvalue weighted by Gasteiger charge is -2.00. The lowest BCUT2D eigenvalue weighted by molar-refractivity contribution is -0.118. The maximum Gasteiger partial charge on any atom is 0.250 e. The number of para-hydroxylation sites is 2. The number of benzene rings is 2. The van der Waals surface area contributed by atoms with E-state index in [2.05, 4.69) is 20.5 Å². The highest BCUT2D eigenvalue weighted by molar-refractivity contribution is 8.01. The maximum atomic E-state index is 12.3. The number of thioether (sulfide) groups is 1. The molecule has 33 heavy (non-hydrogen) atoms. The van der Waals surface area contributed by atoms with Gasteiger partial charge in [0.15, 0.2) is 4.34 Å². The molecule has 2 aromatic carbocycles. The van der Waals surface area contributed by atoms with Crippen molar-refractivity contribution in [3.63, 3.8) is 0 Å². The summed E-state index contributed by atoms with van der Waals surface area (Å²) in [6.45, 7) is 0. The number of nitrogens with zero attached hydrogens (tertiary/aromatic N) is 5. The van der Waals surface area contributed by atoms with Crippen LogP contribution in [0.15, 0.2) is 94.8 Å². The Hall–Kier alpha value is -3.82. The van der Waals surface area contributed by atoms with E-state index in [1.807, 2.05) is 72.9 Å². The largest absolute Gasteiger partial charge is 0.272 e. The molecule has 3 heterocycles. The standard InChI is InChI=1S/C24H18N6OS2/c31-22(16-32-24-27-20-10-4-5-11-21(20)33-24)28-26-14-18-15-30(19-8-2-1-3-9-19)29-23(18)17-7-6-12-25-13-17/h1-15H,16H2,(H,28,31)/b26-14+. The number of carbonyl (C=O) groups excluding carboxylic acids is 1. The molecule has 0 radical (unpaired) electrons. The Morgan fingerprint density at radius 2 is 1.94 bits per heavy atom. The van der Waals surface area contributed by atoms with Gasteiger partial charge in [0.05, 0.1) is 27.9 Å². The highest BCUT2D eigenvalue weighted by atomic mass is 32.2. The molecule has 0 spiro atoms. The zero-order chi connectivity index (χ0) is 22.5. The van der Waals surface area contributed by atoms with Crippen LogP contribution in [0.25, 0.3) is 27.2 Å². The van der Waals surface area contributed by atoms with Gasteiger partial charge in [-0.1, -0.05) is 42.1 Å². The second-order valence-corrected chi connectivity index (χ2v) is 9.24.